The number of nitrogens with zero attached hydrogens (tertiary/aromatic N) is 1. The van der Waals surface area contributed by atoms with Crippen LogP contribution in [0.5, 0.6) is 0 Å². The van der Waals surface area contributed by atoms with Crippen molar-refractivity contribution in [2.45, 2.75) is 39.2 Å². The number of thiocarbonyl (C=S) groups is 1. The Hall–Kier alpha value is -3.18. The Morgan fingerprint density at radius 2 is 1.61 bits per heavy atom. The standard InChI is InChI=1S/C28H31N3OS/c1-20-11-16-25(21(2)19-20)26(22-9-5-3-6-10-22)30-28(33)29-24-14-12-23(13-15-24)27(32)31-17-7-4-8-18-31/h3,5-6,9-16,19,26H,4,7-8,17-18H2,1-2H3,(H2,29,30,33)/t26-/m0/s1. The Balaban J connectivity index is 1.47. The van der Waals surface area contributed by atoms with E-state index in [-0.39, 0.29) is 11.9 Å². The van der Waals surface area contributed by atoms with Crippen molar-refractivity contribution in [2.75, 3.05) is 18.4 Å². The van der Waals surface area contributed by atoms with Gasteiger partial charge in [-0.3, -0.25) is 4.79 Å². The summed E-state index contributed by atoms with van der Waals surface area (Å²) < 4.78 is 0. The normalized spacial score (nSPS) is 14.4. The molecule has 1 saturated heterocycles. The Morgan fingerprint density at radius 1 is 0.909 bits per heavy atom. The van der Waals surface area contributed by atoms with E-state index in [1.165, 1.54) is 23.1 Å². The second kappa shape index (κ2) is 10.6. The molecule has 1 aliphatic rings. The zero-order valence-corrected chi connectivity index (χ0v) is 20.1. The van der Waals surface area contributed by atoms with Crippen molar-refractivity contribution in [2.24, 2.45) is 0 Å². The van der Waals surface area contributed by atoms with Gasteiger partial charge < -0.3 is 15.5 Å². The third kappa shape index (κ3) is 5.79. The maximum Gasteiger partial charge on any atom is 0.253 e. The van der Waals surface area contributed by atoms with Crippen LogP contribution in [0.2, 0.25) is 0 Å². The topological polar surface area (TPSA) is 44.4 Å². The number of carbonyl (C=O) groups is 1. The van der Waals surface area contributed by atoms with Crippen LogP contribution in [0, 0.1) is 13.8 Å². The maximum atomic E-state index is 12.7. The van der Waals surface area contributed by atoms with E-state index in [2.05, 4.69) is 54.8 Å². The summed E-state index contributed by atoms with van der Waals surface area (Å²) in [5.41, 5.74) is 6.38. The third-order valence-corrected chi connectivity index (χ3v) is 6.40. The first-order valence-corrected chi connectivity index (χ1v) is 12.0. The van der Waals surface area contributed by atoms with Gasteiger partial charge in [-0.05, 0) is 86.3 Å². The Labute approximate surface area is 202 Å². The predicted octanol–water partition coefficient (Wildman–Crippen LogP) is 6.01. The van der Waals surface area contributed by atoms with E-state index in [1.807, 2.05) is 47.4 Å². The molecule has 1 fully saturated rings. The van der Waals surface area contributed by atoms with E-state index >= 15 is 0 Å². The lowest BCUT2D eigenvalue weighted by atomic mass is 9.94. The van der Waals surface area contributed by atoms with Crippen molar-refractivity contribution in [3.63, 3.8) is 0 Å². The number of anilines is 1. The van der Waals surface area contributed by atoms with Gasteiger partial charge in [-0.15, -0.1) is 0 Å². The zero-order chi connectivity index (χ0) is 23.2. The zero-order valence-electron chi connectivity index (χ0n) is 19.3. The van der Waals surface area contributed by atoms with Crippen molar-refractivity contribution < 1.29 is 4.79 Å². The van der Waals surface area contributed by atoms with Crippen molar-refractivity contribution in [3.8, 4) is 0 Å². The van der Waals surface area contributed by atoms with E-state index in [1.54, 1.807) is 0 Å². The van der Waals surface area contributed by atoms with Gasteiger partial charge in [-0.2, -0.15) is 0 Å². The van der Waals surface area contributed by atoms with E-state index in [4.69, 9.17) is 12.2 Å². The van der Waals surface area contributed by atoms with Crippen LogP contribution in [-0.4, -0.2) is 29.0 Å². The number of rotatable bonds is 5. The molecular weight excluding hydrogens is 426 g/mol. The minimum absolute atomic E-state index is 0.0632. The van der Waals surface area contributed by atoms with Crippen molar-refractivity contribution in [1.29, 1.82) is 0 Å². The number of hydrogen-bond acceptors (Lipinski definition) is 2. The first kappa shape index (κ1) is 23.0. The molecule has 0 bridgehead atoms. The number of hydrogen-bond donors (Lipinski definition) is 2. The van der Waals surface area contributed by atoms with Crippen LogP contribution in [0.25, 0.3) is 0 Å². The van der Waals surface area contributed by atoms with Crippen LogP contribution in [0.15, 0.2) is 72.8 Å². The van der Waals surface area contributed by atoms with E-state index in [0.717, 1.165) is 42.7 Å². The summed E-state index contributed by atoms with van der Waals surface area (Å²) in [7, 11) is 0. The fourth-order valence-electron chi connectivity index (χ4n) is 4.41. The number of piperidine rings is 1. The van der Waals surface area contributed by atoms with Crippen LogP contribution in [0.1, 0.15) is 57.9 Å². The summed E-state index contributed by atoms with van der Waals surface area (Å²) in [4.78, 5) is 14.7. The first-order chi connectivity index (χ1) is 16.0. The van der Waals surface area contributed by atoms with Crippen molar-refractivity contribution in [3.05, 3.63) is 101 Å². The molecular formula is C28H31N3OS. The highest BCUT2D eigenvalue weighted by molar-refractivity contribution is 7.80. The Morgan fingerprint density at radius 3 is 2.27 bits per heavy atom. The smallest absolute Gasteiger partial charge is 0.253 e. The van der Waals surface area contributed by atoms with Crippen LogP contribution in [-0.2, 0) is 0 Å². The molecule has 1 heterocycles. The van der Waals surface area contributed by atoms with E-state index < -0.39 is 0 Å². The number of benzene rings is 3. The molecule has 5 heteroatoms. The predicted molar refractivity (Wildman–Crippen MR) is 140 cm³/mol. The Bertz CT molecular complexity index is 1110. The minimum atomic E-state index is -0.0632. The van der Waals surface area contributed by atoms with Crippen LogP contribution >= 0.6 is 12.2 Å². The van der Waals surface area contributed by atoms with Gasteiger partial charge in [0.05, 0.1) is 6.04 Å². The SMILES string of the molecule is Cc1ccc([C@@H](NC(=S)Nc2ccc(C(=O)N3CCCCC3)cc2)c2ccccc2)c(C)c1. The number of likely N-dealkylation sites (tertiary alicyclic amines) is 1. The van der Waals surface area contributed by atoms with Gasteiger partial charge in [-0.25, -0.2) is 0 Å². The van der Waals surface area contributed by atoms with Gasteiger partial charge in [0, 0.05) is 24.3 Å². The summed E-state index contributed by atoms with van der Waals surface area (Å²) >= 11 is 5.67. The van der Waals surface area contributed by atoms with Gasteiger partial charge in [0.15, 0.2) is 5.11 Å². The summed E-state index contributed by atoms with van der Waals surface area (Å²) in [5.74, 6) is 0.112. The van der Waals surface area contributed by atoms with Crippen LogP contribution in [0.3, 0.4) is 0 Å². The Kier molecular flexibility index (Phi) is 7.40. The lowest BCUT2D eigenvalue weighted by Crippen LogP contribution is -2.35. The number of amides is 1. The molecule has 1 atom stereocenters. The average Bonchev–Trinajstić information content (AvgIpc) is 2.84. The van der Waals surface area contributed by atoms with E-state index in [0.29, 0.717) is 5.11 Å². The molecule has 33 heavy (non-hydrogen) atoms. The van der Waals surface area contributed by atoms with Crippen LogP contribution in [0.4, 0.5) is 5.69 Å². The van der Waals surface area contributed by atoms with Gasteiger partial charge in [0.1, 0.15) is 0 Å². The highest BCUT2D eigenvalue weighted by Crippen LogP contribution is 2.26. The first-order valence-electron chi connectivity index (χ1n) is 11.6. The highest BCUT2D eigenvalue weighted by Gasteiger charge is 2.19. The fourth-order valence-corrected chi connectivity index (χ4v) is 4.65. The monoisotopic (exact) mass is 457 g/mol. The second-order valence-electron chi connectivity index (χ2n) is 8.73. The van der Waals surface area contributed by atoms with Gasteiger partial charge in [-0.1, -0.05) is 54.1 Å². The molecule has 0 spiro atoms. The third-order valence-electron chi connectivity index (χ3n) is 6.18. The molecule has 1 aliphatic heterocycles. The molecule has 0 radical (unpaired) electrons. The molecule has 0 aliphatic carbocycles. The molecule has 0 saturated carbocycles. The molecule has 1 amide bonds. The maximum absolute atomic E-state index is 12.7. The minimum Gasteiger partial charge on any atom is -0.352 e. The molecule has 4 nitrogen and oxygen atoms in total. The molecule has 4 rings (SSSR count). The summed E-state index contributed by atoms with van der Waals surface area (Å²) in [5, 5.41) is 7.32. The quantitative estimate of drug-likeness (QED) is 0.461. The van der Waals surface area contributed by atoms with Crippen LogP contribution < -0.4 is 10.6 Å². The molecule has 0 unspecified atom stereocenters. The molecule has 3 aromatic carbocycles. The summed E-state index contributed by atoms with van der Waals surface area (Å²) in [6.07, 6.45) is 3.39. The van der Waals surface area contributed by atoms with Gasteiger partial charge >= 0.3 is 0 Å². The average molecular weight is 458 g/mol. The second-order valence-corrected chi connectivity index (χ2v) is 9.14. The van der Waals surface area contributed by atoms with E-state index in [9.17, 15) is 4.79 Å². The molecule has 3 aromatic rings. The molecule has 2 N–H and O–H groups in total. The lowest BCUT2D eigenvalue weighted by molar-refractivity contribution is 0.0724. The van der Waals surface area contributed by atoms with Crippen molar-refractivity contribution >= 4 is 28.9 Å². The fraction of sp³-hybridized carbons (Fsp3) is 0.286. The number of carbonyl (C=O) groups excluding carboxylic acids is 1. The summed E-state index contributed by atoms with van der Waals surface area (Å²) in [6, 6.07) is 24.3. The summed E-state index contributed by atoms with van der Waals surface area (Å²) in [6.45, 7) is 5.94. The van der Waals surface area contributed by atoms with Gasteiger partial charge in [0.25, 0.3) is 5.91 Å². The number of aryl methyl sites for hydroxylation is 2. The molecule has 0 aromatic heterocycles. The largest absolute Gasteiger partial charge is 0.352 e. The number of nitrogens with one attached hydrogen (secondary N) is 2. The lowest BCUT2D eigenvalue weighted by Gasteiger charge is -2.26. The molecule has 170 valence electrons. The highest BCUT2D eigenvalue weighted by atomic mass is 32.1. The van der Waals surface area contributed by atoms with Crippen molar-refractivity contribution in [1.82, 2.24) is 10.2 Å². The van der Waals surface area contributed by atoms with Gasteiger partial charge in [0.2, 0.25) is 0 Å².